The lowest BCUT2D eigenvalue weighted by atomic mass is 10.1. The molecule has 0 unspecified atom stereocenters. The monoisotopic (exact) mass is 329 g/mol. The second-order valence-corrected chi connectivity index (χ2v) is 6.42. The number of aromatic nitrogens is 2. The maximum Gasteiger partial charge on any atom is 0.244 e. The third kappa shape index (κ3) is 3.03. The van der Waals surface area contributed by atoms with E-state index in [0.717, 1.165) is 56.2 Å². The number of hydrogen-bond acceptors (Lipinski definition) is 6. The number of nitrogens with zero attached hydrogens (tertiary/aromatic N) is 3. The molecule has 0 spiro atoms. The van der Waals surface area contributed by atoms with E-state index in [0.29, 0.717) is 11.9 Å². The Balaban J connectivity index is 1.52. The Kier molecular flexibility index (Phi) is 4.49. The van der Waals surface area contributed by atoms with E-state index < -0.39 is 0 Å². The molecule has 24 heavy (non-hydrogen) atoms. The van der Waals surface area contributed by atoms with Crippen LogP contribution < -0.4 is 4.74 Å². The SMILES string of the molecule is COc1ccc(-c2noc([C@H]3CCCN3C3CCOCC3)n2)cc1. The molecule has 0 N–H and O–H groups in total. The van der Waals surface area contributed by atoms with Crippen molar-refractivity contribution in [1.29, 1.82) is 0 Å². The van der Waals surface area contributed by atoms with Gasteiger partial charge in [0.15, 0.2) is 0 Å². The van der Waals surface area contributed by atoms with Gasteiger partial charge in [-0.05, 0) is 56.5 Å². The van der Waals surface area contributed by atoms with Crippen LogP contribution in [-0.4, -0.2) is 48.0 Å². The zero-order chi connectivity index (χ0) is 16.4. The topological polar surface area (TPSA) is 60.6 Å². The van der Waals surface area contributed by atoms with Crippen molar-refractivity contribution in [2.75, 3.05) is 26.9 Å². The third-order valence-electron chi connectivity index (χ3n) is 5.03. The van der Waals surface area contributed by atoms with E-state index in [1.807, 2.05) is 24.3 Å². The number of ether oxygens (including phenoxy) is 2. The molecule has 0 radical (unpaired) electrons. The van der Waals surface area contributed by atoms with Crippen molar-refractivity contribution < 1.29 is 14.0 Å². The van der Waals surface area contributed by atoms with Gasteiger partial charge < -0.3 is 14.0 Å². The molecular formula is C18H23N3O3. The minimum absolute atomic E-state index is 0.243. The van der Waals surface area contributed by atoms with Crippen molar-refractivity contribution in [2.24, 2.45) is 0 Å². The van der Waals surface area contributed by atoms with E-state index >= 15 is 0 Å². The quantitative estimate of drug-likeness (QED) is 0.859. The van der Waals surface area contributed by atoms with Gasteiger partial charge in [-0.25, -0.2) is 0 Å². The Labute approximate surface area is 141 Å². The fourth-order valence-electron chi connectivity index (χ4n) is 3.74. The van der Waals surface area contributed by atoms with Gasteiger partial charge in [0.2, 0.25) is 11.7 Å². The molecule has 0 amide bonds. The number of hydrogen-bond donors (Lipinski definition) is 0. The van der Waals surface area contributed by atoms with Crippen molar-refractivity contribution in [1.82, 2.24) is 15.0 Å². The summed E-state index contributed by atoms with van der Waals surface area (Å²) in [6.07, 6.45) is 4.45. The molecule has 6 nitrogen and oxygen atoms in total. The van der Waals surface area contributed by atoms with Crippen LogP contribution in [0.5, 0.6) is 5.75 Å². The predicted molar refractivity (Wildman–Crippen MR) is 88.8 cm³/mol. The molecule has 1 aromatic carbocycles. The lowest BCUT2D eigenvalue weighted by molar-refractivity contribution is 0.0243. The Hall–Kier alpha value is -1.92. The average molecular weight is 329 g/mol. The summed E-state index contributed by atoms with van der Waals surface area (Å²) in [7, 11) is 1.66. The normalized spacial score (nSPS) is 22.8. The van der Waals surface area contributed by atoms with Crippen LogP contribution in [0.25, 0.3) is 11.4 Å². The smallest absolute Gasteiger partial charge is 0.244 e. The summed E-state index contributed by atoms with van der Waals surface area (Å²) in [5, 5.41) is 4.19. The van der Waals surface area contributed by atoms with Crippen molar-refractivity contribution in [3.63, 3.8) is 0 Å². The molecule has 2 aliphatic heterocycles. The zero-order valence-electron chi connectivity index (χ0n) is 14.0. The first-order valence-corrected chi connectivity index (χ1v) is 8.66. The van der Waals surface area contributed by atoms with Crippen LogP contribution in [0.4, 0.5) is 0 Å². The second-order valence-electron chi connectivity index (χ2n) is 6.42. The summed E-state index contributed by atoms with van der Waals surface area (Å²) in [6.45, 7) is 2.82. The van der Waals surface area contributed by atoms with Gasteiger partial charge >= 0.3 is 0 Å². The molecular weight excluding hydrogens is 306 g/mol. The Morgan fingerprint density at radius 1 is 1.12 bits per heavy atom. The maximum atomic E-state index is 5.62. The van der Waals surface area contributed by atoms with E-state index in [-0.39, 0.29) is 6.04 Å². The standard InChI is InChI=1S/C18H23N3O3/c1-22-15-6-4-13(5-7-15)17-19-18(24-20-17)16-3-2-10-21(16)14-8-11-23-12-9-14/h4-7,14,16H,2-3,8-12H2,1H3/t16-/m1/s1. The van der Waals surface area contributed by atoms with Crippen molar-refractivity contribution in [2.45, 2.75) is 37.8 Å². The van der Waals surface area contributed by atoms with Gasteiger partial charge in [-0.15, -0.1) is 0 Å². The van der Waals surface area contributed by atoms with Crippen LogP contribution in [-0.2, 0) is 4.74 Å². The number of methoxy groups -OCH3 is 1. The fraction of sp³-hybridized carbons (Fsp3) is 0.556. The molecule has 128 valence electrons. The molecule has 0 aliphatic carbocycles. The van der Waals surface area contributed by atoms with Crippen molar-refractivity contribution in [3.8, 4) is 17.1 Å². The van der Waals surface area contributed by atoms with Crippen LogP contribution in [0.1, 0.15) is 37.6 Å². The van der Waals surface area contributed by atoms with Crippen LogP contribution in [0.15, 0.2) is 28.8 Å². The van der Waals surface area contributed by atoms with E-state index in [9.17, 15) is 0 Å². The van der Waals surface area contributed by atoms with Gasteiger partial charge in [0.25, 0.3) is 0 Å². The van der Waals surface area contributed by atoms with E-state index in [1.165, 1.54) is 6.42 Å². The minimum atomic E-state index is 0.243. The van der Waals surface area contributed by atoms with Gasteiger partial charge in [0, 0.05) is 24.8 Å². The van der Waals surface area contributed by atoms with Crippen molar-refractivity contribution in [3.05, 3.63) is 30.2 Å². The van der Waals surface area contributed by atoms with Gasteiger partial charge in [-0.2, -0.15) is 4.98 Å². The fourth-order valence-corrected chi connectivity index (χ4v) is 3.74. The minimum Gasteiger partial charge on any atom is -0.497 e. The molecule has 1 atom stereocenters. The Bertz CT molecular complexity index is 664. The first-order chi connectivity index (χ1) is 11.8. The highest BCUT2D eigenvalue weighted by molar-refractivity contribution is 5.55. The molecule has 2 aliphatic rings. The highest BCUT2D eigenvalue weighted by Gasteiger charge is 2.35. The molecule has 3 heterocycles. The van der Waals surface area contributed by atoms with Gasteiger partial charge in [-0.3, -0.25) is 4.90 Å². The molecule has 4 rings (SSSR count). The largest absolute Gasteiger partial charge is 0.497 e. The van der Waals surface area contributed by atoms with Gasteiger partial charge in [0.1, 0.15) is 5.75 Å². The van der Waals surface area contributed by atoms with Gasteiger partial charge in [-0.1, -0.05) is 5.16 Å². The molecule has 1 aromatic heterocycles. The molecule has 2 aromatic rings. The molecule has 0 saturated carbocycles. The van der Waals surface area contributed by atoms with Crippen LogP contribution in [0, 0.1) is 0 Å². The second kappa shape index (κ2) is 6.91. The van der Waals surface area contributed by atoms with E-state index in [2.05, 4.69) is 15.0 Å². The molecule has 2 saturated heterocycles. The maximum absolute atomic E-state index is 5.62. The van der Waals surface area contributed by atoms with Crippen LogP contribution >= 0.6 is 0 Å². The third-order valence-corrected chi connectivity index (χ3v) is 5.03. The summed E-state index contributed by atoms with van der Waals surface area (Å²) in [4.78, 5) is 7.21. The van der Waals surface area contributed by atoms with Gasteiger partial charge in [0.05, 0.1) is 13.2 Å². The molecule has 0 bridgehead atoms. The van der Waals surface area contributed by atoms with Crippen LogP contribution in [0.3, 0.4) is 0 Å². The van der Waals surface area contributed by atoms with Crippen LogP contribution in [0.2, 0.25) is 0 Å². The average Bonchev–Trinajstić information content (AvgIpc) is 3.32. The number of benzene rings is 1. The lowest BCUT2D eigenvalue weighted by Gasteiger charge is -2.33. The number of likely N-dealkylation sites (tertiary alicyclic amines) is 1. The Morgan fingerprint density at radius 2 is 1.92 bits per heavy atom. The molecule has 6 heteroatoms. The highest BCUT2D eigenvalue weighted by atomic mass is 16.5. The summed E-state index contributed by atoms with van der Waals surface area (Å²) >= 11 is 0. The number of rotatable bonds is 4. The summed E-state index contributed by atoms with van der Waals surface area (Å²) in [6, 6.07) is 8.55. The summed E-state index contributed by atoms with van der Waals surface area (Å²) in [5.41, 5.74) is 0.946. The lowest BCUT2D eigenvalue weighted by Crippen LogP contribution is -2.39. The van der Waals surface area contributed by atoms with E-state index in [1.54, 1.807) is 7.11 Å². The highest BCUT2D eigenvalue weighted by Crippen LogP contribution is 2.35. The Morgan fingerprint density at radius 3 is 2.67 bits per heavy atom. The summed E-state index contributed by atoms with van der Waals surface area (Å²) in [5.74, 6) is 2.21. The summed E-state index contributed by atoms with van der Waals surface area (Å²) < 4.78 is 16.3. The molecule has 2 fully saturated rings. The van der Waals surface area contributed by atoms with Crippen molar-refractivity contribution >= 4 is 0 Å². The zero-order valence-corrected chi connectivity index (χ0v) is 14.0. The first kappa shape index (κ1) is 15.6. The predicted octanol–water partition coefficient (Wildman–Crippen LogP) is 3.06. The first-order valence-electron chi connectivity index (χ1n) is 8.66. The van der Waals surface area contributed by atoms with E-state index in [4.69, 9.17) is 14.0 Å².